The highest BCUT2D eigenvalue weighted by atomic mass is 16.6. The number of fused-ring (bicyclic) bond motifs is 1. The summed E-state index contributed by atoms with van der Waals surface area (Å²) in [6.07, 6.45) is 1.00. The molecule has 1 amide bonds. The maximum atomic E-state index is 11.9. The number of hydrogen-bond donors (Lipinski definition) is 2. The van der Waals surface area contributed by atoms with E-state index in [0.29, 0.717) is 29.2 Å². The maximum absolute atomic E-state index is 11.9. The van der Waals surface area contributed by atoms with Crippen LogP contribution in [0.4, 0.5) is 16.3 Å². The molecule has 0 bridgehead atoms. The summed E-state index contributed by atoms with van der Waals surface area (Å²) in [6, 6.07) is 17.2. The SMILES string of the molecule is CC(C)(C)OC(=O)Nc1ccc(CNc2ncnc3c2nnn3-c2ccccc2)cc1. The van der Waals surface area contributed by atoms with Crippen molar-refractivity contribution in [2.45, 2.75) is 32.9 Å². The van der Waals surface area contributed by atoms with Gasteiger partial charge in [-0.2, -0.15) is 4.68 Å². The summed E-state index contributed by atoms with van der Waals surface area (Å²) in [5.41, 5.74) is 3.22. The fraction of sp³-hybridized carbons (Fsp3) is 0.227. The minimum atomic E-state index is -0.542. The summed E-state index contributed by atoms with van der Waals surface area (Å²) in [4.78, 5) is 20.5. The number of carbonyl (C=O) groups is 1. The van der Waals surface area contributed by atoms with E-state index in [-0.39, 0.29) is 0 Å². The van der Waals surface area contributed by atoms with Crippen LogP contribution in [0, 0.1) is 0 Å². The number of carbonyl (C=O) groups excluding carboxylic acids is 1. The van der Waals surface area contributed by atoms with Crippen LogP contribution in [0.2, 0.25) is 0 Å². The van der Waals surface area contributed by atoms with Crippen molar-refractivity contribution in [1.82, 2.24) is 25.0 Å². The largest absolute Gasteiger partial charge is 0.444 e. The molecule has 0 saturated heterocycles. The van der Waals surface area contributed by atoms with E-state index in [1.807, 2.05) is 75.4 Å². The zero-order chi connectivity index (χ0) is 21.8. The van der Waals surface area contributed by atoms with Crippen molar-refractivity contribution < 1.29 is 9.53 Å². The Morgan fingerprint density at radius 2 is 1.77 bits per heavy atom. The molecular formula is C22H23N7O2. The van der Waals surface area contributed by atoms with Crippen LogP contribution in [0.3, 0.4) is 0 Å². The number of amides is 1. The topological polar surface area (TPSA) is 107 Å². The molecule has 0 fully saturated rings. The molecular weight excluding hydrogens is 394 g/mol. The molecule has 0 aliphatic heterocycles. The predicted octanol–water partition coefficient (Wildman–Crippen LogP) is 4.17. The van der Waals surface area contributed by atoms with E-state index in [0.717, 1.165) is 11.3 Å². The number of ether oxygens (including phenoxy) is 1. The van der Waals surface area contributed by atoms with Gasteiger partial charge in [-0.15, -0.1) is 5.10 Å². The van der Waals surface area contributed by atoms with Crippen LogP contribution in [0.25, 0.3) is 16.9 Å². The minimum absolute atomic E-state index is 0.483. The summed E-state index contributed by atoms with van der Waals surface area (Å²) in [7, 11) is 0. The maximum Gasteiger partial charge on any atom is 0.412 e. The van der Waals surface area contributed by atoms with Gasteiger partial charge >= 0.3 is 6.09 Å². The number of para-hydroxylation sites is 1. The van der Waals surface area contributed by atoms with Crippen molar-refractivity contribution >= 4 is 28.8 Å². The quantitative estimate of drug-likeness (QED) is 0.502. The number of hydrogen-bond acceptors (Lipinski definition) is 7. The fourth-order valence-electron chi connectivity index (χ4n) is 2.93. The van der Waals surface area contributed by atoms with Crippen molar-refractivity contribution in [2.24, 2.45) is 0 Å². The molecule has 2 aromatic heterocycles. The molecule has 4 aromatic rings. The lowest BCUT2D eigenvalue weighted by atomic mass is 10.2. The van der Waals surface area contributed by atoms with E-state index < -0.39 is 11.7 Å². The summed E-state index contributed by atoms with van der Waals surface area (Å²) < 4.78 is 6.94. The summed E-state index contributed by atoms with van der Waals surface area (Å²) in [5.74, 6) is 0.600. The van der Waals surface area contributed by atoms with Gasteiger partial charge in [-0.25, -0.2) is 14.8 Å². The molecule has 2 aromatic carbocycles. The smallest absolute Gasteiger partial charge is 0.412 e. The predicted molar refractivity (Wildman–Crippen MR) is 118 cm³/mol. The van der Waals surface area contributed by atoms with Crippen LogP contribution in [-0.4, -0.2) is 36.7 Å². The van der Waals surface area contributed by atoms with Gasteiger partial charge in [0.1, 0.15) is 11.9 Å². The zero-order valence-electron chi connectivity index (χ0n) is 17.5. The van der Waals surface area contributed by atoms with Crippen molar-refractivity contribution in [3.8, 4) is 5.69 Å². The molecule has 9 heteroatoms. The number of anilines is 2. The van der Waals surface area contributed by atoms with Crippen LogP contribution < -0.4 is 10.6 Å². The molecule has 0 spiro atoms. The second-order valence-corrected chi connectivity index (χ2v) is 7.91. The molecule has 158 valence electrons. The average molecular weight is 417 g/mol. The lowest BCUT2D eigenvalue weighted by molar-refractivity contribution is 0.0636. The van der Waals surface area contributed by atoms with Crippen LogP contribution in [-0.2, 0) is 11.3 Å². The number of nitrogens with zero attached hydrogens (tertiary/aromatic N) is 5. The molecule has 0 radical (unpaired) electrons. The van der Waals surface area contributed by atoms with Gasteiger partial charge in [-0.05, 0) is 50.6 Å². The molecule has 0 aliphatic rings. The van der Waals surface area contributed by atoms with Crippen LogP contribution in [0.15, 0.2) is 60.9 Å². The first-order valence-electron chi connectivity index (χ1n) is 9.84. The highest BCUT2D eigenvalue weighted by Crippen LogP contribution is 2.20. The molecule has 0 aliphatic carbocycles. The van der Waals surface area contributed by atoms with Crippen molar-refractivity contribution in [3.63, 3.8) is 0 Å². The van der Waals surface area contributed by atoms with Crippen molar-refractivity contribution in [3.05, 3.63) is 66.5 Å². The Morgan fingerprint density at radius 3 is 2.48 bits per heavy atom. The Labute approximate surface area is 179 Å². The summed E-state index contributed by atoms with van der Waals surface area (Å²) in [6.45, 7) is 5.99. The van der Waals surface area contributed by atoms with Gasteiger partial charge in [0.2, 0.25) is 0 Å². The van der Waals surface area contributed by atoms with Crippen LogP contribution in [0.1, 0.15) is 26.3 Å². The fourth-order valence-corrected chi connectivity index (χ4v) is 2.93. The van der Waals surface area contributed by atoms with Crippen molar-refractivity contribution in [1.29, 1.82) is 0 Å². The second-order valence-electron chi connectivity index (χ2n) is 7.91. The number of benzene rings is 2. The molecule has 2 heterocycles. The normalized spacial score (nSPS) is 11.3. The van der Waals surface area contributed by atoms with Crippen LogP contribution >= 0.6 is 0 Å². The third kappa shape index (κ3) is 4.95. The average Bonchev–Trinajstić information content (AvgIpc) is 3.17. The minimum Gasteiger partial charge on any atom is -0.444 e. The van der Waals surface area contributed by atoms with Gasteiger partial charge in [-0.1, -0.05) is 35.5 Å². The van der Waals surface area contributed by atoms with E-state index in [2.05, 4.69) is 30.9 Å². The highest BCUT2D eigenvalue weighted by Gasteiger charge is 2.16. The Kier molecular flexibility index (Phi) is 5.48. The van der Waals surface area contributed by atoms with E-state index in [1.54, 1.807) is 4.68 Å². The summed E-state index contributed by atoms with van der Waals surface area (Å²) >= 11 is 0. The van der Waals surface area contributed by atoms with Gasteiger partial charge in [0.05, 0.1) is 5.69 Å². The number of rotatable bonds is 5. The first-order chi connectivity index (χ1) is 14.9. The Bertz CT molecular complexity index is 1180. The monoisotopic (exact) mass is 417 g/mol. The molecule has 0 saturated carbocycles. The standard InChI is InChI=1S/C22H23N7O2/c1-22(2,3)31-21(30)26-16-11-9-15(10-12-16)13-23-19-18-20(25-14-24-19)29(28-27-18)17-7-5-4-6-8-17/h4-12,14H,13H2,1-3H3,(H,26,30)(H,23,24,25). The Balaban J connectivity index is 1.44. The molecule has 0 unspecified atom stereocenters. The van der Waals surface area contributed by atoms with Gasteiger partial charge in [0.15, 0.2) is 17.0 Å². The third-order valence-corrected chi connectivity index (χ3v) is 4.30. The first kappa shape index (κ1) is 20.3. The highest BCUT2D eigenvalue weighted by molar-refractivity contribution is 5.85. The van der Waals surface area contributed by atoms with Crippen LogP contribution in [0.5, 0.6) is 0 Å². The lowest BCUT2D eigenvalue weighted by Gasteiger charge is -2.19. The van der Waals surface area contributed by atoms with E-state index >= 15 is 0 Å². The zero-order valence-corrected chi connectivity index (χ0v) is 17.5. The summed E-state index contributed by atoms with van der Waals surface area (Å²) in [5, 5.41) is 14.5. The van der Waals surface area contributed by atoms with E-state index in [1.165, 1.54) is 6.33 Å². The van der Waals surface area contributed by atoms with Gasteiger partial charge in [-0.3, -0.25) is 5.32 Å². The Morgan fingerprint density at radius 1 is 1.03 bits per heavy atom. The Hall–Kier alpha value is -4.01. The number of nitrogens with one attached hydrogen (secondary N) is 2. The van der Waals surface area contributed by atoms with Crippen molar-refractivity contribution in [2.75, 3.05) is 10.6 Å². The molecule has 31 heavy (non-hydrogen) atoms. The molecule has 0 atom stereocenters. The number of aromatic nitrogens is 5. The molecule has 2 N–H and O–H groups in total. The van der Waals surface area contributed by atoms with Gasteiger partial charge in [0, 0.05) is 12.2 Å². The second kappa shape index (κ2) is 8.39. The third-order valence-electron chi connectivity index (χ3n) is 4.30. The van der Waals surface area contributed by atoms with Gasteiger partial charge < -0.3 is 10.1 Å². The molecule has 9 nitrogen and oxygen atoms in total. The van der Waals surface area contributed by atoms with E-state index in [4.69, 9.17) is 4.74 Å². The van der Waals surface area contributed by atoms with E-state index in [9.17, 15) is 4.79 Å². The lowest BCUT2D eigenvalue weighted by Crippen LogP contribution is -2.27. The van der Waals surface area contributed by atoms with Gasteiger partial charge in [0.25, 0.3) is 0 Å². The first-order valence-corrected chi connectivity index (χ1v) is 9.84. The molecule has 4 rings (SSSR count).